The van der Waals surface area contributed by atoms with Crippen LogP contribution in [0.5, 0.6) is 0 Å². The number of likely N-dealkylation sites (tertiary alicyclic amines) is 1. The minimum atomic E-state index is 0.106. The molecule has 0 aliphatic carbocycles. The Labute approximate surface area is 115 Å². The molecule has 4 nitrogen and oxygen atoms in total. The first-order chi connectivity index (χ1) is 9.10. The summed E-state index contributed by atoms with van der Waals surface area (Å²) < 4.78 is 0. The molecule has 0 spiro atoms. The average Bonchev–Trinajstić information content (AvgIpc) is 2.38. The summed E-state index contributed by atoms with van der Waals surface area (Å²) in [5.41, 5.74) is 0.683. The lowest BCUT2D eigenvalue weighted by Crippen LogP contribution is -2.42. The van der Waals surface area contributed by atoms with Crippen LogP contribution in [-0.2, 0) is 0 Å². The van der Waals surface area contributed by atoms with Crippen molar-refractivity contribution in [2.45, 2.75) is 27.2 Å². The number of amides is 1. The second-order valence-corrected chi connectivity index (χ2v) is 5.62. The summed E-state index contributed by atoms with van der Waals surface area (Å²) in [5, 5.41) is 3.13. The van der Waals surface area contributed by atoms with Gasteiger partial charge < -0.3 is 10.2 Å². The van der Waals surface area contributed by atoms with Crippen LogP contribution in [0.4, 0.5) is 5.82 Å². The molecule has 0 aromatic carbocycles. The predicted octanol–water partition coefficient (Wildman–Crippen LogP) is 2.63. The van der Waals surface area contributed by atoms with Gasteiger partial charge in [0.1, 0.15) is 5.82 Å². The van der Waals surface area contributed by atoms with Crippen molar-refractivity contribution < 1.29 is 4.79 Å². The Morgan fingerprint density at radius 1 is 1.37 bits per heavy atom. The maximum absolute atomic E-state index is 12.4. The average molecular weight is 261 g/mol. The van der Waals surface area contributed by atoms with Gasteiger partial charge in [-0.05, 0) is 37.3 Å². The van der Waals surface area contributed by atoms with Gasteiger partial charge in [0.25, 0.3) is 5.91 Å². The van der Waals surface area contributed by atoms with Crippen LogP contribution in [0, 0.1) is 11.8 Å². The highest BCUT2D eigenvalue weighted by molar-refractivity contribution is 5.94. The minimum absolute atomic E-state index is 0.106. The summed E-state index contributed by atoms with van der Waals surface area (Å²) in [7, 11) is 0. The van der Waals surface area contributed by atoms with Crippen LogP contribution >= 0.6 is 0 Å². The van der Waals surface area contributed by atoms with Gasteiger partial charge in [-0.15, -0.1) is 0 Å². The fourth-order valence-electron chi connectivity index (χ4n) is 2.82. The van der Waals surface area contributed by atoms with E-state index in [-0.39, 0.29) is 5.91 Å². The number of hydrogen-bond acceptors (Lipinski definition) is 3. The van der Waals surface area contributed by atoms with E-state index in [0.29, 0.717) is 17.4 Å². The molecule has 2 atom stereocenters. The molecule has 2 unspecified atom stereocenters. The fourth-order valence-corrected chi connectivity index (χ4v) is 2.82. The van der Waals surface area contributed by atoms with Gasteiger partial charge in [0, 0.05) is 25.8 Å². The summed E-state index contributed by atoms with van der Waals surface area (Å²) in [6.45, 7) is 9.00. The zero-order valence-corrected chi connectivity index (χ0v) is 12.0. The van der Waals surface area contributed by atoms with Crippen LogP contribution < -0.4 is 5.32 Å². The van der Waals surface area contributed by atoms with Crippen molar-refractivity contribution in [1.82, 2.24) is 9.88 Å². The SMILES string of the molecule is CCNc1ccc(C(=O)N2CC(C)CC(C)C2)cn1. The van der Waals surface area contributed by atoms with E-state index in [9.17, 15) is 4.79 Å². The van der Waals surface area contributed by atoms with Crippen molar-refractivity contribution in [2.24, 2.45) is 11.8 Å². The lowest BCUT2D eigenvalue weighted by atomic mass is 9.91. The van der Waals surface area contributed by atoms with Crippen LogP contribution in [-0.4, -0.2) is 35.4 Å². The Morgan fingerprint density at radius 3 is 2.58 bits per heavy atom. The topological polar surface area (TPSA) is 45.2 Å². The Hall–Kier alpha value is -1.58. The molecular formula is C15H23N3O. The monoisotopic (exact) mass is 261 g/mol. The lowest BCUT2D eigenvalue weighted by Gasteiger charge is -2.35. The Morgan fingerprint density at radius 2 is 2.05 bits per heavy atom. The van der Waals surface area contributed by atoms with E-state index in [1.165, 1.54) is 6.42 Å². The maximum Gasteiger partial charge on any atom is 0.255 e. The smallest absolute Gasteiger partial charge is 0.255 e. The van der Waals surface area contributed by atoms with Gasteiger partial charge >= 0.3 is 0 Å². The molecule has 4 heteroatoms. The summed E-state index contributed by atoms with van der Waals surface area (Å²) in [4.78, 5) is 18.7. The van der Waals surface area contributed by atoms with Gasteiger partial charge in [-0.2, -0.15) is 0 Å². The first kappa shape index (κ1) is 13.8. The number of anilines is 1. The van der Waals surface area contributed by atoms with E-state index < -0.39 is 0 Å². The number of carbonyl (C=O) groups is 1. The van der Waals surface area contributed by atoms with Gasteiger partial charge in [-0.3, -0.25) is 4.79 Å². The van der Waals surface area contributed by atoms with Crippen molar-refractivity contribution in [3.05, 3.63) is 23.9 Å². The molecule has 1 aromatic rings. The van der Waals surface area contributed by atoms with Crippen LogP contribution in [0.25, 0.3) is 0 Å². The second-order valence-electron chi connectivity index (χ2n) is 5.62. The number of pyridine rings is 1. The van der Waals surface area contributed by atoms with E-state index in [0.717, 1.165) is 25.5 Å². The predicted molar refractivity (Wildman–Crippen MR) is 77.2 cm³/mol. The normalized spacial score (nSPS) is 23.2. The zero-order valence-electron chi connectivity index (χ0n) is 12.0. The van der Waals surface area contributed by atoms with Crippen molar-refractivity contribution in [3.63, 3.8) is 0 Å². The van der Waals surface area contributed by atoms with Crippen LogP contribution in [0.15, 0.2) is 18.3 Å². The molecule has 1 aliphatic heterocycles. The van der Waals surface area contributed by atoms with E-state index in [4.69, 9.17) is 0 Å². The van der Waals surface area contributed by atoms with Crippen molar-refractivity contribution in [3.8, 4) is 0 Å². The van der Waals surface area contributed by atoms with Gasteiger partial charge in [0.2, 0.25) is 0 Å². The second kappa shape index (κ2) is 6.04. The maximum atomic E-state index is 12.4. The minimum Gasteiger partial charge on any atom is -0.370 e. The highest BCUT2D eigenvalue weighted by Gasteiger charge is 2.26. The molecule has 1 aliphatic rings. The fraction of sp³-hybridized carbons (Fsp3) is 0.600. The third kappa shape index (κ3) is 3.46. The van der Waals surface area contributed by atoms with Gasteiger partial charge in [0.05, 0.1) is 5.56 Å². The summed E-state index contributed by atoms with van der Waals surface area (Å²) in [6.07, 6.45) is 2.88. The largest absolute Gasteiger partial charge is 0.370 e. The summed E-state index contributed by atoms with van der Waals surface area (Å²) in [6, 6.07) is 3.73. The number of piperidine rings is 1. The molecule has 0 radical (unpaired) electrons. The molecule has 0 saturated carbocycles. The molecule has 1 aromatic heterocycles. The molecular weight excluding hydrogens is 238 g/mol. The highest BCUT2D eigenvalue weighted by atomic mass is 16.2. The Balaban J connectivity index is 2.06. The first-order valence-corrected chi connectivity index (χ1v) is 7.09. The summed E-state index contributed by atoms with van der Waals surface area (Å²) >= 11 is 0. The standard InChI is InChI=1S/C15H23N3O/c1-4-16-14-6-5-13(8-17-14)15(19)18-9-11(2)7-12(3)10-18/h5-6,8,11-12H,4,7,9-10H2,1-3H3,(H,16,17). The van der Waals surface area contributed by atoms with Gasteiger partial charge in [-0.1, -0.05) is 13.8 Å². The van der Waals surface area contributed by atoms with Gasteiger partial charge in [-0.25, -0.2) is 4.98 Å². The number of hydrogen-bond donors (Lipinski definition) is 1. The lowest BCUT2D eigenvalue weighted by molar-refractivity contribution is 0.0623. The summed E-state index contributed by atoms with van der Waals surface area (Å²) in [5.74, 6) is 2.09. The van der Waals surface area contributed by atoms with E-state index in [1.54, 1.807) is 6.20 Å². The number of nitrogens with one attached hydrogen (secondary N) is 1. The zero-order chi connectivity index (χ0) is 13.8. The molecule has 1 N–H and O–H groups in total. The number of aromatic nitrogens is 1. The third-order valence-corrected chi connectivity index (χ3v) is 3.52. The molecule has 1 saturated heterocycles. The van der Waals surface area contributed by atoms with Crippen molar-refractivity contribution >= 4 is 11.7 Å². The number of carbonyl (C=O) groups excluding carboxylic acids is 1. The van der Waals surface area contributed by atoms with Crippen molar-refractivity contribution in [2.75, 3.05) is 25.0 Å². The quantitative estimate of drug-likeness (QED) is 0.909. The van der Waals surface area contributed by atoms with Gasteiger partial charge in [0.15, 0.2) is 0 Å². The Bertz CT molecular complexity index is 420. The highest BCUT2D eigenvalue weighted by Crippen LogP contribution is 2.22. The molecule has 1 amide bonds. The van der Waals surface area contributed by atoms with Crippen molar-refractivity contribution in [1.29, 1.82) is 0 Å². The molecule has 2 heterocycles. The van der Waals surface area contributed by atoms with Crippen LogP contribution in [0.2, 0.25) is 0 Å². The molecule has 2 rings (SSSR count). The number of nitrogens with zero attached hydrogens (tertiary/aromatic N) is 2. The van der Waals surface area contributed by atoms with E-state index in [1.807, 2.05) is 24.0 Å². The number of rotatable bonds is 3. The molecule has 104 valence electrons. The van der Waals surface area contributed by atoms with Crippen LogP contribution in [0.1, 0.15) is 37.6 Å². The molecule has 0 bridgehead atoms. The van der Waals surface area contributed by atoms with Crippen LogP contribution in [0.3, 0.4) is 0 Å². The molecule has 1 fully saturated rings. The van der Waals surface area contributed by atoms with E-state index in [2.05, 4.69) is 24.1 Å². The van der Waals surface area contributed by atoms with E-state index >= 15 is 0 Å². The first-order valence-electron chi connectivity index (χ1n) is 7.09. The molecule has 19 heavy (non-hydrogen) atoms. The third-order valence-electron chi connectivity index (χ3n) is 3.52. The Kier molecular flexibility index (Phi) is 4.40.